The number of ether oxygens (including phenoxy) is 1. The van der Waals surface area contributed by atoms with Crippen molar-refractivity contribution < 1.29 is 9.53 Å². The largest absolute Gasteiger partial charge is 0.399 e. The van der Waals surface area contributed by atoms with E-state index in [4.69, 9.17) is 10.5 Å². The Morgan fingerprint density at radius 2 is 2.21 bits per heavy atom. The molecule has 1 aromatic carbocycles. The lowest BCUT2D eigenvalue weighted by Gasteiger charge is -2.31. The average Bonchev–Trinajstić information content (AvgIpc) is 2.40. The van der Waals surface area contributed by atoms with E-state index in [0.29, 0.717) is 11.6 Å². The van der Waals surface area contributed by atoms with Crippen LogP contribution in [0.5, 0.6) is 0 Å². The number of nitrogens with one attached hydrogen (secondary N) is 1. The predicted octanol–water partition coefficient (Wildman–Crippen LogP) is 2.16. The van der Waals surface area contributed by atoms with Gasteiger partial charge in [-0.2, -0.15) is 0 Å². The molecule has 0 atom stereocenters. The van der Waals surface area contributed by atoms with Crippen molar-refractivity contribution in [2.24, 2.45) is 5.92 Å². The number of hydrogen-bond acceptors (Lipinski definition) is 3. The van der Waals surface area contributed by atoms with Crippen molar-refractivity contribution in [3.05, 3.63) is 24.3 Å². The van der Waals surface area contributed by atoms with Gasteiger partial charge in [0.1, 0.15) is 0 Å². The molecule has 0 aliphatic carbocycles. The van der Waals surface area contributed by atoms with Crippen molar-refractivity contribution in [2.45, 2.75) is 12.8 Å². The van der Waals surface area contributed by atoms with E-state index in [-0.39, 0.29) is 6.03 Å². The standard InChI is InChI=1S/C14H21N3O2/c1-19-10-11-5-7-17(8-6-11)14(18)16-13-4-2-3-12(15)9-13/h2-4,9,11H,5-8,10,15H2,1H3,(H,16,18). The third-order valence-corrected chi connectivity index (χ3v) is 3.44. The van der Waals surface area contributed by atoms with Gasteiger partial charge in [-0.3, -0.25) is 0 Å². The molecule has 5 nitrogen and oxygen atoms in total. The molecule has 0 bridgehead atoms. The summed E-state index contributed by atoms with van der Waals surface area (Å²) in [5.74, 6) is 0.571. The first-order valence-corrected chi connectivity index (χ1v) is 6.59. The van der Waals surface area contributed by atoms with Crippen LogP contribution in [0.2, 0.25) is 0 Å². The molecule has 1 saturated heterocycles. The predicted molar refractivity (Wildman–Crippen MR) is 76.0 cm³/mol. The summed E-state index contributed by atoms with van der Waals surface area (Å²) in [6.45, 7) is 2.34. The van der Waals surface area contributed by atoms with Crippen molar-refractivity contribution in [1.29, 1.82) is 0 Å². The molecule has 1 fully saturated rings. The summed E-state index contributed by atoms with van der Waals surface area (Å²) in [6, 6.07) is 7.17. The molecule has 0 aromatic heterocycles. The van der Waals surface area contributed by atoms with Gasteiger partial charge in [0.25, 0.3) is 0 Å². The molecule has 1 heterocycles. The van der Waals surface area contributed by atoms with Crippen LogP contribution in [0, 0.1) is 5.92 Å². The second-order valence-electron chi connectivity index (χ2n) is 4.94. The van der Waals surface area contributed by atoms with E-state index in [1.54, 1.807) is 19.2 Å². The molecule has 1 aliphatic heterocycles. The first kappa shape index (κ1) is 13.7. The van der Waals surface area contributed by atoms with Crippen LogP contribution < -0.4 is 11.1 Å². The molecule has 3 N–H and O–H groups in total. The Labute approximate surface area is 113 Å². The number of amides is 2. The molecule has 0 saturated carbocycles. The lowest BCUT2D eigenvalue weighted by atomic mass is 9.98. The van der Waals surface area contributed by atoms with E-state index in [2.05, 4.69) is 5.32 Å². The van der Waals surface area contributed by atoms with Crippen molar-refractivity contribution in [1.82, 2.24) is 4.90 Å². The molecular weight excluding hydrogens is 242 g/mol. The molecule has 19 heavy (non-hydrogen) atoms. The molecule has 0 radical (unpaired) electrons. The zero-order valence-corrected chi connectivity index (χ0v) is 11.3. The van der Waals surface area contributed by atoms with Crippen LogP contribution in [-0.2, 0) is 4.74 Å². The van der Waals surface area contributed by atoms with E-state index in [1.165, 1.54) is 0 Å². The third-order valence-electron chi connectivity index (χ3n) is 3.44. The van der Waals surface area contributed by atoms with Crippen molar-refractivity contribution in [2.75, 3.05) is 37.9 Å². The Balaban J connectivity index is 1.84. The molecule has 104 valence electrons. The number of likely N-dealkylation sites (tertiary alicyclic amines) is 1. The number of carbonyl (C=O) groups is 1. The lowest BCUT2D eigenvalue weighted by Crippen LogP contribution is -2.41. The van der Waals surface area contributed by atoms with Crippen LogP contribution in [0.15, 0.2) is 24.3 Å². The van der Waals surface area contributed by atoms with Gasteiger partial charge in [-0.15, -0.1) is 0 Å². The minimum Gasteiger partial charge on any atom is -0.399 e. The minimum atomic E-state index is -0.0542. The number of piperidine rings is 1. The van der Waals surface area contributed by atoms with Gasteiger partial charge >= 0.3 is 6.03 Å². The van der Waals surface area contributed by atoms with Crippen molar-refractivity contribution in [3.63, 3.8) is 0 Å². The van der Waals surface area contributed by atoms with Crippen LogP contribution in [0.25, 0.3) is 0 Å². The van der Waals surface area contributed by atoms with Crippen molar-refractivity contribution in [3.8, 4) is 0 Å². The van der Waals surface area contributed by atoms with E-state index in [0.717, 1.165) is 38.2 Å². The van der Waals surface area contributed by atoms with Crippen LogP contribution in [0.1, 0.15) is 12.8 Å². The van der Waals surface area contributed by atoms with Crippen LogP contribution >= 0.6 is 0 Å². The normalized spacial score (nSPS) is 16.4. The van der Waals surface area contributed by atoms with Gasteiger partial charge in [0, 0.05) is 38.2 Å². The van der Waals surface area contributed by atoms with E-state index in [1.807, 2.05) is 17.0 Å². The topological polar surface area (TPSA) is 67.6 Å². The van der Waals surface area contributed by atoms with Gasteiger partial charge in [-0.25, -0.2) is 4.79 Å². The zero-order chi connectivity index (χ0) is 13.7. The first-order valence-electron chi connectivity index (χ1n) is 6.59. The highest BCUT2D eigenvalue weighted by Crippen LogP contribution is 2.19. The second kappa shape index (κ2) is 6.43. The van der Waals surface area contributed by atoms with Gasteiger partial charge in [0.05, 0.1) is 0 Å². The highest BCUT2D eigenvalue weighted by Gasteiger charge is 2.22. The quantitative estimate of drug-likeness (QED) is 0.821. The summed E-state index contributed by atoms with van der Waals surface area (Å²) >= 11 is 0. The van der Waals surface area contributed by atoms with Gasteiger partial charge in [-0.05, 0) is 37.0 Å². The van der Waals surface area contributed by atoms with Gasteiger partial charge in [0.2, 0.25) is 0 Å². The van der Waals surface area contributed by atoms with E-state index < -0.39 is 0 Å². The maximum atomic E-state index is 12.1. The number of hydrogen-bond donors (Lipinski definition) is 2. The summed E-state index contributed by atoms with van der Waals surface area (Å²) in [5.41, 5.74) is 7.07. The molecule has 1 aliphatic rings. The Hall–Kier alpha value is -1.75. The molecule has 5 heteroatoms. The number of nitrogens with zero attached hydrogens (tertiary/aromatic N) is 1. The maximum absolute atomic E-state index is 12.1. The number of carbonyl (C=O) groups excluding carboxylic acids is 1. The number of nitrogen functional groups attached to an aromatic ring is 1. The number of rotatable bonds is 3. The minimum absolute atomic E-state index is 0.0542. The Kier molecular flexibility index (Phi) is 4.63. The second-order valence-corrected chi connectivity index (χ2v) is 4.94. The molecular formula is C14H21N3O2. The zero-order valence-electron chi connectivity index (χ0n) is 11.3. The lowest BCUT2D eigenvalue weighted by molar-refractivity contribution is 0.110. The Bertz CT molecular complexity index is 428. The summed E-state index contributed by atoms with van der Waals surface area (Å²) in [5, 5.41) is 2.88. The highest BCUT2D eigenvalue weighted by atomic mass is 16.5. The van der Waals surface area contributed by atoms with Crippen LogP contribution in [0.4, 0.5) is 16.2 Å². The van der Waals surface area contributed by atoms with Gasteiger partial charge in [-0.1, -0.05) is 6.07 Å². The van der Waals surface area contributed by atoms with Gasteiger partial charge < -0.3 is 20.7 Å². The smallest absolute Gasteiger partial charge is 0.321 e. The monoisotopic (exact) mass is 263 g/mol. The fraction of sp³-hybridized carbons (Fsp3) is 0.500. The number of urea groups is 1. The molecule has 0 unspecified atom stereocenters. The molecule has 2 amide bonds. The van der Waals surface area contributed by atoms with E-state index in [9.17, 15) is 4.79 Å². The number of nitrogens with two attached hydrogens (primary N) is 1. The van der Waals surface area contributed by atoms with Crippen LogP contribution in [0.3, 0.4) is 0 Å². The maximum Gasteiger partial charge on any atom is 0.321 e. The summed E-state index contributed by atoms with van der Waals surface area (Å²) < 4.78 is 5.15. The number of benzene rings is 1. The summed E-state index contributed by atoms with van der Waals surface area (Å²) in [4.78, 5) is 13.9. The summed E-state index contributed by atoms with van der Waals surface area (Å²) in [7, 11) is 1.72. The molecule has 1 aromatic rings. The number of anilines is 2. The fourth-order valence-electron chi connectivity index (χ4n) is 2.36. The Morgan fingerprint density at radius 3 is 2.84 bits per heavy atom. The fourth-order valence-corrected chi connectivity index (χ4v) is 2.36. The van der Waals surface area contributed by atoms with Crippen molar-refractivity contribution >= 4 is 17.4 Å². The van der Waals surface area contributed by atoms with Crippen LogP contribution in [-0.4, -0.2) is 37.7 Å². The van der Waals surface area contributed by atoms with Gasteiger partial charge in [0.15, 0.2) is 0 Å². The average molecular weight is 263 g/mol. The summed E-state index contributed by atoms with van der Waals surface area (Å²) in [6.07, 6.45) is 2.00. The Morgan fingerprint density at radius 1 is 1.47 bits per heavy atom. The first-order chi connectivity index (χ1) is 9.19. The third kappa shape index (κ3) is 3.86. The SMILES string of the molecule is COCC1CCN(C(=O)Nc2cccc(N)c2)CC1. The molecule has 2 rings (SSSR count). The molecule has 0 spiro atoms. The number of methoxy groups -OCH3 is 1. The van der Waals surface area contributed by atoms with E-state index >= 15 is 0 Å². The highest BCUT2D eigenvalue weighted by molar-refractivity contribution is 5.89.